The van der Waals surface area contributed by atoms with E-state index in [0.717, 1.165) is 19.4 Å². The zero-order chi connectivity index (χ0) is 14.9. The number of imide groups is 1. The third-order valence-corrected chi connectivity index (χ3v) is 3.66. The molecule has 7 nitrogen and oxygen atoms in total. The van der Waals surface area contributed by atoms with Gasteiger partial charge in [-0.1, -0.05) is 0 Å². The Morgan fingerprint density at radius 2 is 2.10 bits per heavy atom. The number of nitrogens with zero attached hydrogens (tertiary/aromatic N) is 2. The van der Waals surface area contributed by atoms with Crippen molar-refractivity contribution in [3.8, 4) is 0 Å². The smallest absolute Gasteiger partial charge is 0.325 e. The van der Waals surface area contributed by atoms with Gasteiger partial charge in [0.05, 0.1) is 6.54 Å². The van der Waals surface area contributed by atoms with Gasteiger partial charge < -0.3 is 10.4 Å². The third kappa shape index (κ3) is 3.47. The number of carbonyl (C=O) groups is 3. The van der Waals surface area contributed by atoms with Gasteiger partial charge in [-0.25, -0.2) is 4.79 Å². The molecule has 0 aromatic heterocycles. The van der Waals surface area contributed by atoms with E-state index >= 15 is 0 Å². The lowest BCUT2D eigenvalue weighted by atomic mass is 10.1. The predicted molar refractivity (Wildman–Crippen MR) is 71.1 cm³/mol. The highest BCUT2D eigenvalue weighted by Crippen LogP contribution is 2.29. The number of hydrogen-bond acceptors (Lipinski definition) is 4. The number of carboxylic acid groups (broad SMARTS) is 1. The molecule has 20 heavy (non-hydrogen) atoms. The van der Waals surface area contributed by atoms with Crippen LogP contribution in [0.15, 0.2) is 0 Å². The zero-order valence-corrected chi connectivity index (χ0v) is 11.9. The molecule has 0 radical (unpaired) electrons. The average molecular weight is 283 g/mol. The maximum absolute atomic E-state index is 12.0. The van der Waals surface area contributed by atoms with Crippen LogP contribution in [0.5, 0.6) is 0 Å². The maximum Gasteiger partial charge on any atom is 0.325 e. The van der Waals surface area contributed by atoms with Crippen molar-refractivity contribution in [2.24, 2.45) is 5.92 Å². The van der Waals surface area contributed by atoms with Crippen molar-refractivity contribution in [2.75, 3.05) is 26.2 Å². The summed E-state index contributed by atoms with van der Waals surface area (Å²) in [6, 6.07) is -0.401. The minimum Gasteiger partial charge on any atom is -0.480 e. The van der Waals surface area contributed by atoms with E-state index in [1.807, 2.05) is 0 Å². The molecule has 7 heteroatoms. The summed E-state index contributed by atoms with van der Waals surface area (Å²) in [6.45, 7) is 4.62. The van der Waals surface area contributed by atoms with Crippen molar-refractivity contribution in [1.82, 2.24) is 15.1 Å². The van der Waals surface area contributed by atoms with E-state index in [-0.39, 0.29) is 19.0 Å². The number of hydrogen-bond donors (Lipinski definition) is 2. The van der Waals surface area contributed by atoms with Gasteiger partial charge in [-0.05, 0) is 32.6 Å². The molecule has 0 spiro atoms. The van der Waals surface area contributed by atoms with E-state index in [0.29, 0.717) is 12.5 Å². The quantitative estimate of drug-likeness (QED) is 0.647. The first-order valence-electron chi connectivity index (χ1n) is 6.88. The van der Waals surface area contributed by atoms with Crippen molar-refractivity contribution in [1.29, 1.82) is 0 Å². The van der Waals surface area contributed by atoms with E-state index in [1.54, 1.807) is 18.7 Å². The number of nitrogens with one attached hydrogen (secondary N) is 1. The van der Waals surface area contributed by atoms with Crippen LogP contribution in [0.4, 0.5) is 4.79 Å². The third-order valence-electron chi connectivity index (χ3n) is 3.66. The molecule has 0 unspecified atom stereocenters. The fourth-order valence-corrected chi connectivity index (χ4v) is 2.35. The van der Waals surface area contributed by atoms with Gasteiger partial charge in [0.25, 0.3) is 5.91 Å². The number of carboxylic acids is 1. The van der Waals surface area contributed by atoms with Gasteiger partial charge >= 0.3 is 12.0 Å². The van der Waals surface area contributed by atoms with Crippen LogP contribution in [0, 0.1) is 5.92 Å². The standard InChI is InChI=1S/C13H21N3O4/c1-13(2)11(19)16(12(20)14-13)6-5-15(8-10(17)18)7-9-3-4-9/h9H,3-8H2,1-2H3,(H,14,20)(H,17,18). The van der Waals surface area contributed by atoms with Gasteiger partial charge in [0.1, 0.15) is 5.54 Å². The Morgan fingerprint density at radius 3 is 2.55 bits per heavy atom. The largest absolute Gasteiger partial charge is 0.480 e. The van der Waals surface area contributed by atoms with Gasteiger partial charge in [-0.15, -0.1) is 0 Å². The number of carbonyl (C=O) groups excluding carboxylic acids is 2. The minimum absolute atomic E-state index is 0.0520. The normalized spacial score (nSPS) is 21.4. The highest BCUT2D eigenvalue weighted by atomic mass is 16.4. The molecule has 1 saturated heterocycles. The first-order valence-corrected chi connectivity index (χ1v) is 6.88. The molecule has 3 amide bonds. The average Bonchev–Trinajstić information content (AvgIpc) is 3.07. The van der Waals surface area contributed by atoms with Crippen molar-refractivity contribution >= 4 is 17.9 Å². The molecule has 1 saturated carbocycles. The van der Waals surface area contributed by atoms with Crippen LogP contribution in [0.1, 0.15) is 26.7 Å². The predicted octanol–water partition coefficient (Wildman–Crippen LogP) is 0.113. The van der Waals surface area contributed by atoms with Gasteiger partial charge in [0.2, 0.25) is 0 Å². The summed E-state index contributed by atoms with van der Waals surface area (Å²) in [5.74, 6) is -0.582. The van der Waals surface area contributed by atoms with Crippen LogP contribution >= 0.6 is 0 Å². The summed E-state index contributed by atoms with van der Waals surface area (Å²) in [6.07, 6.45) is 2.26. The van der Waals surface area contributed by atoms with Crippen molar-refractivity contribution in [3.63, 3.8) is 0 Å². The molecular formula is C13H21N3O4. The summed E-state index contributed by atoms with van der Waals surface area (Å²) in [5, 5.41) is 11.5. The fourth-order valence-electron chi connectivity index (χ4n) is 2.35. The van der Waals surface area contributed by atoms with Crippen LogP contribution in [0.3, 0.4) is 0 Å². The van der Waals surface area contributed by atoms with Crippen LogP contribution < -0.4 is 5.32 Å². The Labute approximate surface area is 117 Å². The second-order valence-corrected chi connectivity index (χ2v) is 6.08. The van der Waals surface area contributed by atoms with Crippen LogP contribution in [-0.2, 0) is 9.59 Å². The fraction of sp³-hybridized carbons (Fsp3) is 0.769. The van der Waals surface area contributed by atoms with Crippen LogP contribution in [-0.4, -0.2) is 64.5 Å². The van der Waals surface area contributed by atoms with E-state index in [2.05, 4.69) is 5.32 Å². The first kappa shape index (κ1) is 14.8. The summed E-state index contributed by atoms with van der Waals surface area (Å²) < 4.78 is 0. The van der Waals surface area contributed by atoms with Gasteiger partial charge in [-0.3, -0.25) is 19.4 Å². The summed E-state index contributed by atoms with van der Waals surface area (Å²) >= 11 is 0. The van der Waals surface area contributed by atoms with Crippen molar-refractivity contribution in [2.45, 2.75) is 32.2 Å². The lowest BCUT2D eigenvalue weighted by molar-refractivity contribution is -0.138. The molecule has 0 atom stereocenters. The molecule has 1 aliphatic heterocycles. The first-order chi connectivity index (χ1) is 9.29. The topological polar surface area (TPSA) is 90.0 Å². The lowest BCUT2D eigenvalue weighted by Crippen LogP contribution is -2.43. The Balaban J connectivity index is 1.89. The molecule has 2 fully saturated rings. The summed E-state index contributed by atoms with van der Waals surface area (Å²) in [5.41, 5.74) is -0.870. The molecular weight excluding hydrogens is 262 g/mol. The molecule has 1 aliphatic carbocycles. The second kappa shape index (κ2) is 5.40. The Morgan fingerprint density at radius 1 is 1.45 bits per heavy atom. The monoisotopic (exact) mass is 283 g/mol. The molecule has 1 heterocycles. The van der Waals surface area contributed by atoms with E-state index in [9.17, 15) is 14.4 Å². The molecule has 0 aromatic carbocycles. The number of rotatable bonds is 7. The Bertz CT molecular complexity index is 431. The molecule has 2 rings (SSSR count). The molecule has 2 N–H and O–H groups in total. The highest BCUT2D eigenvalue weighted by molar-refractivity contribution is 6.06. The SMILES string of the molecule is CC1(C)NC(=O)N(CCN(CC(=O)O)CC2CC2)C1=O. The molecule has 2 aliphatic rings. The zero-order valence-electron chi connectivity index (χ0n) is 11.9. The Hall–Kier alpha value is -1.63. The minimum atomic E-state index is -0.886. The highest BCUT2D eigenvalue weighted by Gasteiger charge is 2.44. The second-order valence-electron chi connectivity index (χ2n) is 6.08. The molecule has 0 aromatic rings. The van der Waals surface area contributed by atoms with Crippen molar-refractivity contribution < 1.29 is 19.5 Å². The Kier molecular flexibility index (Phi) is 3.99. The van der Waals surface area contributed by atoms with Gasteiger partial charge in [-0.2, -0.15) is 0 Å². The molecule has 112 valence electrons. The summed E-state index contributed by atoms with van der Waals surface area (Å²) in [4.78, 5) is 37.5. The van der Waals surface area contributed by atoms with Crippen LogP contribution in [0.2, 0.25) is 0 Å². The van der Waals surface area contributed by atoms with E-state index in [1.165, 1.54) is 4.90 Å². The van der Waals surface area contributed by atoms with Gasteiger partial charge in [0, 0.05) is 19.6 Å². The maximum atomic E-state index is 12.0. The number of amides is 3. The summed E-state index contributed by atoms with van der Waals surface area (Å²) in [7, 11) is 0. The van der Waals surface area contributed by atoms with E-state index in [4.69, 9.17) is 5.11 Å². The molecule has 0 bridgehead atoms. The lowest BCUT2D eigenvalue weighted by Gasteiger charge is -2.23. The van der Waals surface area contributed by atoms with Crippen LogP contribution in [0.25, 0.3) is 0 Å². The van der Waals surface area contributed by atoms with E-state index < -0.39 is 17.5 Å². The van der Waals surface area contributed by atoms with Crippen molar-refractivity contribution in [3.05, 3.63) is 0 Å². The number of aliphatic carboxylic acids is 1. The number of urea groups is 1. The van der Waals surface area contributed by atoms with Gasteiger partial charge in [0.15, 0.2) is 0 Å².